The monoisotopic (exact) mass is 139 g/mol. The van der Waals surface area contributed by atoms with Gasteiger partial charge in [-0.25, -0.2) is 0 Å². The summed E-state index contributed by atoms with van der Waals surface area (Å²) < 4.78 is 0. The second-order valence-corrected chi connectivity index (χ2v) is 4.19. The van der Waals surface area contributed by atoms with Crippen molar-refractivity contribution in [3.8, 4) is 0 Å². The molecular formula is C9H17N. The molecule has 0 radical (unpaired) electrons. The van der Waals surface area contributed by atoms with Crippen LogP contribution in [-0.4, -0.2) is 23.5 Å². The van der Waals surface area contributed by atoms with E-state index in [0.29, 0.717) is 0 Å². The lowest BCUT2D eigenvalue weighted by Crippen LogP contribution is -2.36. The number of hydrogen-bond donors (Lipinski definition) is 0. The molecule has 10 heavy (non-hydrogen) atoms. The molecule has 1 saturated heterocycles. The highest BCUT2D eigenvalue weighted by atomic mass is 15.2. The van der Waals surface area contributed by atoms with Crippen LogP contribution in [0.25, 0.3) is 0 Å². The Kier molecular flexibility index (Phi) is 1.31. The van der Waals surface area contributed by atoms with Crippen LogP contribution < -0.4 is 0 Å². The van der Waals surface area contributed by atoms with Crippen molar-refractivity contribution in [2.75, 3.05) is 6.54 Å². The van der Waals surface area contributed by atoms with Crippen LogP contribution in [0.15, 0.2) is 0 Å². The molecule has 0 aromatic carbocycles. The molecule has 2 aliphatic rings. The summed E-state index contributed by atoms with van der Waals surface area (Å²) in [6, 6.07) is 1.65. The van der Waals surface area contributed by atoms with E-state index < -0.39 is 0 Å². The molecule has 0 amide bonds. The van der Waals surface area contributed by atoms with Gasteiger partial charge < -0.3 is 0 Å². The average molecular weight is 139 g/mol. The van der Waals surface area contributed by atoms with Gasteiger partial charge in [0.25, 0.3) is 0 Å². The first-order valence-corrected chi connectivity index (χ1v) is 4.46. The molecule has 2 rings (SSSR count). The molecule has 1 heteroatoms. The minimum atomic E-state index is 0.766. The van der Waals surface area contributed by atoms with E-state index in [-0.39, 0.29) is 0 Å². The molecule has 58 valence electrons. The molecule has 0 N–H and O–H groups in total. The molecule has 3 atom stereocenters. The number of likely N-dealkylation sites (tertiary alicyclic amines) is 1. The zero-order valence-electron chi connectivity index (χ0n) is 7.17. The summed E-state index contributed by atoms with van der Waals surface area (Å²) in [7, 11) is 0. The largest absolute Gasteiger partial charge is 0.298 e. The molecule has 1 heterocycles. The maximum Gasteiger partial charge on any atom is 0.0101 e. The summed E-state index contributed by atoms with van der Waals surface area (Å²) in [5.74, 6) is 2.15. The normalized spacial score (nSPS) is 46.2. The quantitative estimate of drug-likeness (QED) is 0.535. The minimum Gasteiger partial charge on any atom is -0.298 e. The van der Waals surface area contributed by atoms with E-state index in [0.717, 1.165) is 23.9 Å². The van der Waals surface area contributed by atoms with E-state index in [1.54, 1.807) is 0 Å². The van der Waals surface area contributed by atoms with Crippen molar-refractivity contribution in [1.82, 2.24) is 4.90 Å². The highest BCUT2D eigenvalue weighted by Gasteiger charge is 2.50. The fourth-order valence-electron chi connectivity index (χ4n) is 2.44. The number of rotatable bonds is 1. The van der Waals surface area contributed by atoms with Crippen LogP contribution in [0.5, 0.6) is 0 Å². The average Bonchev–Trinajstić information content (AvgIpc) is 2.54. The summed E-state index contributed by atoms with van der Waals surface area (Å²) in [5, 5.41) is 0. The van der Waals surface area contributed by atoms with Gasteiger partial charge in [0.15, 0.2) is 0 Å². The molecule has 1 saturated carbocycles. The summed E-state index contributed by atoms with van der Waals surface area (Å²) in [4.78, 5) is 2.64. The van der Waals surface area contributed by atoms with Crippen molar-refractivity contribution in [2.24, 2.45) is 11.8 Å². The Morgan fingerprint density at radius 2 is 2.10 bits per heavy atom. The van der Waals surface area contributed by atoms with E-state index >= 15 is 0 Å². The van der Waals surface area contributed by atoms with Gasteiger partial charge in [-0.15, -0.1) is 0 Å². The van der Waals surface area contributed by atoms with Crippen molar-refractivity contribution in [2.45, 2.75) is 39.3 Å². The maximum absolute atomic E-state index is 2.64. The van der Waals surface area contributed by atoms with Crippen molar-refractivity contribution >= 4 is 0 Å². The first kappa shape index (κ1) is 6.66. The van der Waals surface area contributed by atoms with Gasteiger partial charge in [-0.1, -0.05) is 0 Å². The number of fused-ring (bicyclic) bond motifs is 1. The van der Waals surface area contributed by atoms with Crippen molar-refractivity contribution in [3.05, 3.63) is 0 Å². The lowest BCUT2D eigenvalue weighted by molar-refractivity contribution is 0.187. The smallest absolute Gasteiger partial charge is 0.0101 e. The van der Waals surface area contributed by atoms with E-state index in [9.17, 15) is 0 Å². The number of hydrogen-bond acceptors (Lipinski definition) is 1. The van der Waals surface area contributed by atoms with Crippen LogP contribution in [-0.2, 0) is 0 Å². The Bertz CT molecular complexity index is 142. The maximum atomic E-state index is 2.64. The van der Waals surface area contributed by atoms with Gasteiger partial charge >= 0.3 is 0 Å². The molecule has 0 bridgehead atoms. The topological polar surface area (TPSA) is 3.24 Å². The second kappa shape index (κ2) is 1.97. The molecule has 2 fully saturated rings. The summed E-state index contributed by atoms with van der Waals surface area (Å²) in [6.45, 7) is 8.38. The van der Waals surface area contributed by atoms with Crippen LogP contribution in [0.2, 0.25) is 0 Å². The van der Waals surface area contributed by atoms with Crippen molar-refractivity contribution in [1.29, 1.82) is 0 Å². The Morgan fingerprint density at radius 3 is 2.40 bits per heavy atom. The van der Waals surface area contributed by atoms with Gasteiger partial charge in [0, 0.05) is 18.6 Å². The predicted octanol–water partition coefficient (Wildman–Crippen LogP) is 1.74. The summed E-state index contributed by atoms with van der Waals surface area (Å²) in [6.07, 6.45) is 1.52. The predicted molar refractivity (Wildman–Crippen MR) is 42.9 cm³/mol. The van der Waals surface area contributed by atoms with Gasteiger partial charge in [0.2, 0.25) is 0 Å². The molecular weight excluding hydrogens is 122 g/mol. The van der Waals surface area contributed by atoms with E-state index in [2.05, 4.69) is 25.7 Å². The minimum absolute atomic E-state index is 0.766. The molecule has 1 aliphatic carbocycles. The SMILES string of the molecule is CC(C)N1CC2CC2[C@@H]1C. The van der Waals surface area contributed by atoms with Gasteiger partial charge in [-0.05, 0) is 39.0 Å². The van der Waals surface area contributed by atoms with Crippen LogP contribution in [0.3, 0.4) is 0 Å². The highest BCUT2D eigenvalue weighted by molar-refractivity contribution is 5.02. The summed E-state index contributed by atoms with van der Waals surface area (Å²) in [5.41, 5.74) is 0. The number of piperidine rings is 1. The van der Waals surface area contributed by atoms with E-state index in [4.69, 9.17) is 0 Å². The standard InChI is InChI=1S/C9H17N/c1-6(2)10-5-8-4-9(8)7(10)3/h6-9H,4-5H2,1-3H3/t7-,8?,9?/m0/s1. The van der Waals surface area contributed by atoms with Crippen LogP contribution >= 0.6 is 0 Å². The second-order valence-electron chi connectivity index (χ2n) is 4.19. The molecule has 0 aromatic heterocycles. The van der Waals surface area contributed by atoms with E-state index in [1.807, 2.05) is 0 Å². The summed E-state index contributed by atoms with van der Waals surface area (Å²) >= 11 is 0. The van der Waals surface area contributed by atoms with E-state index in [1.165, 1.54) is 13.0 Å². The van der Waals surface area contributed by atoms with Crippen LogP contribution in [0.4, 0.5) is 0 Å². The third kappa shape index (κ3) is 0.800. The van der Waals surface area contributed by atoms with Gasteiger partial charge in [-0.3, -0.25) is 4.90 Å². The van der Waals surface area contributed by atoms with Crippen molar-refractivity contribution < 1.29 is 0 Å². The molecule has 1 nitrogen and oxygen atoms in total. The Labute approximate surface area is 63.4 Å². The van der Waals surface area contributed by atoms with Gasteiger partial charge in [-0.2, -0.15) is 0 Å². The zero-order valence-corrected chi connectivity index (χ0v) is 7.17. The fourth-order valence-corrected chi connectivity index (χ4v) is 2.44. The Hall–Kier alpha value is -0.0400. The van der Waals surface area contributed by atoms with Gasteiger partial charge in [0.1, 0.15) is 0 Å². The number of nitrogens with zero attached hydrogens (tertiary/aromatic N) is 1. The Morgan fingerprint density at radius 1 is 1.40 bits per heavy atom. The van der Waals surface area contributed by atoms with Gasteiger partial charge in [0.05, 0.1) is 0 Å². The van der Waals surface area contributed by atoms with Crippen LogP contribution in [0.1, 0.15) is 27.2 Å². The third-order valence-electron chi connectivity index (χ3n) is 3.23. The molecule has 2 unspecified atom stereocenters. The van der Waals surface area contributed by atoms with Crippen LogP contribution in [0, 0.1) is 11.8 Å². The molecule has 1 aliphatic heterocycles. The highest BCUT2D eigenvalue weighted by Crippen LogP contribution is 2.49. The Balaban J connectivity index is 2.00. The molecule has 0 spiro atoms. The lowest BCUT2D eigenvalue weighted by atomic mass is 10.2. The first-order chi connectivity index (χ1) is 4.70. The van der Waals surface area contributed by atoms with Crippen molar-refractivity contribution in [3.63, 3.8) is 0 Å². The fraction of sp³-hybridized carbons (Fsp3) is 1.00. The lowest BCUT2D eigenvalue weighted by Gasteiger charge is -2.27. The molecule has 0 aromatic rings. The third-order valence-corrected chi connectivity index (χ3v) is 3.23. The zero-order chi connectivity index (χ0) is 7.30. The first-order valence-electron chi connectivity index (χ1n) is 4.46.